The first-order chi connectivity index (χ1) is 13.2. The van der Waals surface area contributed by atoms with Gasteiger partial charge in [-0.2, -0.15) is 0 Å². The van der Waals surface area contributed by atoms with E-state index in [-0.39, 0.29) is 18.4 Å². The predicted molar refractivity (Wildman–Crippen MR) is 105 cm³/mol. The van der Waals surface area contributed by atoms with Crippen molar-refractivity contribution in [2.45, 2.75) is 32.4 Å². The number of rotatable bonds is 5. The third-order valence-corrected chi connectivity index (χ3v) is 5.10. The Bertz CT molecular complexity index is 946. The summed E-state index contributed by atoms with van der Waals surface area (Å²) >= 11 is 0. The van der Waals surface area contributed by atoms with Crippen LogP contribution in [0.2, 0.25) is 0 Å². The van der Waals surface area contributed by atoms with Crippen LogP contribution in [0.3, 0.4) is 0 Å². The predicted octanol–water partition coefficient (Wildman–Crippen LogP) is 4.22. The van der Waals surface area contributed by atoms with Crippen molar-refractivity contribution < 1.29 is 14.2 Å². The molecule has 3 aromatic rings. The zero-order chi connectivity index (χ0) is 18.8. The summed E-state index contributed by atoms with van der Waals surface area (Å²) < 4.78 is 20.5. The Morgan fingerprint density at radius 2 is 2.04 bits per heavy atom. The standard InChI is InChI=1S/C22H23FN2O2/c1-15-10-21(25-9-5-8-17(25)13-26)18-11-19(23)22(12-20(18)24-15)27-14-16-6-3-2-4-7-16/h2-4,6-7,10-12,17,26H,5,8-9,13-14H2,1H3. The maximum Gasteiger partial charge on any atom is 0.165 e. The number of hydrogen-bond donors (Lipinski definition) is 1. The highest BCUT2D eigenvalue weighted by Crippen LogP contribution is 2.35. The summed E-state index contributed by atoms with van der Waals surface area (Å²) in [6.45, 7) is 3.20. The number of nitrogens with zero attached hydrogens (tertiary/aromatic N) is 2. The minimum Gasteiger partial charge on any atom is -0.486 e. The molecule has 1 N–H and O–H groups in total. The fourth-order valence-corrected chi connectivity index (χ4v) is 3.76. The molecule has 4 nitrogen and oxygen atoms in total. The van der Waals surface area contributed by atoms with E-state index in [0.29, 0.717) is 12.1 Å². The number of aliphatic hydroxyl groups excluding tert-OH is 1. The summed E-state index contributed by atoms with van der Waals surface area (Å²) in [7, 11) is 0. The van der Waals surface area contributed by atoms with Crippen LogP contribution in [0, 0.1) is 12.7 Å². The average molecular weight is 366 g/mol. The lowest BCUT2D eigenvalue weighted by Gasteiger charge is -2.27. The minimum atomic E-state index is -0.398. The van der Waals surface area contributed by atoms with Crippen LogP contribution < -0.4 is 9.64 Å². The van der Waals surface area contributed by atoms with Crippen molar-refractivity contribution >= 4 is 16.6 Å². The monoisotopic (exact) mass is 366 g/mol. The maximum atomic E-state index is 14.7. The summed E-state index contributed by atoms with van der Waals surface area (Å²) in [5, 5.41) is 10.4. The fourth-order valence-electron chi connectivity index (χ4n) is 3.76. The molecule has 4 rings (SSSR count). The number of anilines is 1. The van der Waals surface area contributed by atoms with Gasteiger partial charge in [-0.05, 0) is 37.5 Å². The van der Waals surface area contributed by atoms with Crippen molar-refractivity contribution in [1.29, 1.82) is 0 Å². The topological polar surface area (TPSA) is 45.6 Å². The Morgan fingerprint density at radius 1 is 1.22 bits per heavy atom. The van der Waals surface area contributed by atoms with Crippen molar-refractivity contribution in [1.82, 2.24) is 4.98 Å². The van der Waals surface area contributed by atoms with E-state index in [1.54, 1.807) is 6.07 Å². The van der Waals surface area contributed by atoms with Gasteiger partial charge in [0.05, 0.1) is 18.2 Å². The Morgan fingerprint density at radius 3 is 2.81 bits per heavy atom. The number of aliphatic hydroxyl groups is 1. The molecule has 1 unspecified atom stereocenters. The van der Waals surface area contributed by atoms with E-state index in [1.807, 2.05) is 43.3 Å². The maximum absolute atomic E-state index is 14.7. The van der Waals surface area contributed by atoms with Gasteiger partial charge >= 0.3 is 0 Å². The van der Waals surface area contributed by atoms with Crippen molar-refractivity contribution in [2.75, 3.05) is 18.1 Å². The molecule has 0 spiro atoms. The molecule has 5 heteroatoms. The van der Waals surface area contributed by atoms with Gasteiger partial charge in [0.25, 0.3) is 0 Å². The van der Waals surface area contributed by atoms with Gasteiger partial charge in [-0.1, -0.05) is 30.3 Å². The molecular formula is C22H23FN2O2. The number of ether oxygens (including phenoxy) is 1. The second kappa shape index (κ2) is 7.53. The van der Waals surface area contributed by atoms with E-state index in [2.05, 4.69) is 9.88 Å². The molecule has 140 valence electrons. The number of aryl methyl sites for hydroxylation is 1. The number of hydrogen-bond acceptors (Lipinski definition) is 4. The van der Waals surface area contributed by atoms with E-state index in [4.69, 9.17) is 4.74 Å². The largest absolute Gasteiger partial charge is 0.486 e. The van der Waals surface area contributed by atoms with Gasteiger partial charge in [0.1, 0.15) is 6.61 Å². The van der Waals surface area contributed by atoms with Crippen LogP contribution in [0.15, 0.2) is 48.5 Å². The van der Waals surface area contributed by atoms with Crippen molar-refractivity contribution in [2.24, 2.45) is 0 Å². The molecule has 1 aliphatic heterocycles. The summed E-state index contributed by atoms with van der Waals surface area (Å²) in [5.74, 6) is -0.194. The van der Waals surface area contributed by atoms with E-state index in [9.17, 15) is 9.50 Å². The Labute approximate surface area is 158 Å². The minimum absolute atomic E-state index is 0.0760. The first-order valence-corrected chi connectivity index (χ1v) is 9.31. The molecule has 0 aliphatic carbocycles. The summed E-state index contributed by atoms with van der Waals surface area (Å²) in [6.07, 6.45) is 1.97. The molecule has 1 saturated heterocycles. The second-order valence-electron chi connectivity index (χ2n) is 7.03. The third kappa shape index (κ3) is 3.60. The van der Waals surface area contributed by atoms with Crippen LogP contribution in [-0.4, -0.2) is 29.3 Å². The highest BCUT2D eigenvalue weighted by Gasteiger charge is 2.26. The Hall–Kier alpha value is -2.66. The van der Waals surface area contributed by atoms with Crippen LogP contribution in [0.1, 0.15) is 24.1 Å². The van der Waals surface area contributed by atoms with Crippen LogP contribution in [0.5, 0.6) is 5.75 Å². The summed E-state index contributed by atoms with van der Waals surface area (Å²) in [5.41, 5.74) is 3.49. The lowest BCUT2D eigenvalue weighted by Crippen LogP contribution is -2.32. The molecule has 1 atom stereocenters. The second-order valence-corrected chi connectivity index (χ2v) is 7.03. The highest BCUT2D eigenvalue weighted by atomic mass is 19.1. The van der Waals surface area contributed by atoms with E-state index >= 15 is 0 Å². The number of benzene rings is 2. The Balaban J connectivity index is 1.70. The SMILES string of the molecule is Cc1cc(N2CCCC2CO)c2cc(F)c(OCc3ccccc3)cc2n1. The van der Waals surface area contributed by atoms with E-state index in [0.717, 1.165) is 41.7 Å². The first-order valence-electron chi connectivity index (χ1n) is 9.31. The lowest BCUT2D eigenvalue weighted by molar-refractivity contribution is 0.266. The average Bonchev–Trinajstić information content (AvgIpc) is 3.15. The van der Waals surface area contributed by atoms with Crippen LogP contribution in [-0.2, 0) is 6.61 Å². The molecular weight excluding hydrogens is 343 g/mol. The smallest absolute Gasteiger partial charge is 0.165 e. The lowest BCUT2D eigenvalue weighted by atomic mass is 10.1. The fraction of sp³-hybridized carbons (Fsp3) is 0.318. The molecule has 27 heavy (non-hydrogen) atoms. The number of aromatic nitrogens is 1. The molecule has 1 aromatic heterocycles. The van der Waals surface area contributed by atoms with Crippen molar-refractivity contribution in [3.63, 3.8) is 0 Å². The number of fused-ring (bicyclic) bond motifs is 1. The third-order valence-electron chi connectivity index (χ3n) is 5.10. The highest BCUT2D eigenvalue weighted by molar-refractivity contribution is 5.93. The van der Waals surface area contributed by atoms with Crippen LogP contribution in [0.4, 0.5) is 10.1 Å². The molecule has 0 amide bonds. The summed E-state index contributed by atoms with van der Waals surface area (Å²) in [6, 6.07) is 14.9. The van der Waals surface area contributed by atoms with Gasteiger partial charge in [0, 0.05) is 29.4 Å². The molecule has 1 fully saturated rings. The van der Waals surface area contributed by atoms with Crippen LogP contribution in [0.25, 0.3) is 10.9 Å². The van der Waals surface area contributed by atoms with Gasteiger partial charge in [0.15, 0.2) is 11.6 Å². The molecule has 2 heterocycles. The number of pyridine rings is 1. The van der Waals surface area contributed by atoms with Crippen molar-refractivity contribution in [3.05, 3.63) is 65.6 Å². The van der Waals surface area contributed by atoms with Gasteiger partial charge in [-0.15, -0.1) is 0 Å². The van der Waals surface area contributed by atoms with Crippen molar-refractivity contribution in [3.8, 4) is 5.75 Å². The zero-order valence-electron chi connectivity index (χ0n) is 15.4. The number of halogens is 1. The van der Waals surface area contributed by atoms with Crippen LogP contribution >= 0.6 is 0 Å². The van der Waals surface area contributed by atoms with E-state index < -0.39 is 5.82 Å². The summed E-state index contributed by atoms with van der Waals surface area (Å²) in [4.78, 5) is 6.75. The zero-order valence-corrected chi connectivity index (χ0v) is 15.4. The quantitative estimate of drug-likeness (QED) is 0.734. The molecule has 0 radical (unpaired) electrons. The first kappa shape index (κ1) is 17.7. The molecule has 2 aromatic carbocycles. The van der Waals surface area contributed by atoms with E-state index in [1.165, 1.54) is 6.07 Å². The van der Waals surface area contributed by atoms with Gasteiger partial charge < -0.3 is 14.7 Å². The van der Waals surface area contributed by atoms with Gasteiger partial charge in [-0.3, -0.25) is 4.98 Å². The van der Waals surface area contributed by atoms with Gasteiger partial charge in [-0.25, -0.2) is 4.39 Å². The molecule has 0 bridgehead atoms. The Kier molecular flexibility index (Phi) is 4.94. The normalized spacial score (nSPS) is 16.9. The van der Waals surface area contributed by atoms with Gasteiger partial charge in [0.2, 0.25) is 0 Å². The molecule has 0 saturated carbocycles. The molecule has 1 aliphatic rings.